The molecule has 1 unspecified atom stereocenters. The Bertz CT molecular complexity index is 668. The van der Waals surface area contributed by atoms with Gasteiger partial charge < -0.3 is 14.6 Å². The van der Waals surface area contributed by atoms with Crippen LogP contribution in [0.3, 0.4) is 0 Å². The van der Waals surface area contributed by atoms with Gasteiger partial charge in [0, 0.05) is 6.04 Å². The maximum atomic E-state index is 12.3. The molecule has 0 aromatic heterocycles. The third-order valence-corrected chi connectivity index (χ3v) is 4.18. The lowest BCUT2D eigenvalue weighted by molar-refractivity contribution is 0.0690. The zero-order chi connectivity index (χ0) is 16.9. The molecule has 22 heavy (non-hydrogen) atoms. The summed E-state index contributed by atoms with van der Waals surface area (Å²) in [5.41, 5.74) is -0.614. The van der Waals surface area contributed by atoms with Crippen LogP contribution in [0.15, 0.2) is 18.2 Å². The SMILES string of the molecule is CCC(C)NC(=O)c1c(OS(=O)(=O)CC)cccc1C(=O)O. The van der Waals surface area contributed by atoms with Gasteiger partial charge in [-0.2, -0.15) is 8.42 Å². The fourth-order valence-corrected chi connectivity index (χ4v) is 2.14. The highest BCUT2D eigenvalue weighted by atomic mass is 32.2. The van der Waals surface area contributed by atoms with Gasteiger partial charge in [0.15, 0.2) is 5.75 Å². The predicted octanol–water partition coefficient (Wildman–Crippen LogP) is 1.64. The van der Waals surface area contributed by atoms with Gasteiger partial charge in [0.1, 0.15) is 0 Å². The zero-order valence-electron chi connectivity index (χ0n) is 12.6. The first-order valence-corrected chi connectivity index (χ1v) is 8.38. The summed E-state index contributed by atoms with van der Waals surface area (Å²) in [6.45, 7) is 4.99. The molecule has 122 valence electrons. The second kappa shape index (κ2) is 7.26. The summed E-state index contributed by atoms with van der Waals surface area (Å²) in [5.74, 6) is -2.61. The van der Waals surface area contributed by atoms with Gasteiger partial charge in [-0.15, -0.1) is 0 Å². The largest absolute Gasteiger partial charge is 0.478 e. The monoisotopic (exact) mass is 329 g/mol. The molecule has 1 atom stereocenters. The van der Waals surface area contributed by atoms with Crippen LogP contribution in [0.5, 0.6) is 5.75 Å². The van der Waals surface area contributed by atoms with E-state index in [4.69, 9.17) is 4.18 Å². The Morgan fingerprint density at radius 1 is 1.32 bits per heavy atom. The van der Waals surface area contributed by atoms with Crippen LogP contribution < -0.4 is 9.50 Å². The van der Waals surface area contributed by atoms with Crippen LogP contribution in [0.4, 0.5) is 0 Å². The standard InChI is InChI=1S/C14H19NO6S/c1-4-9(3)15-13(16)12-10(14(17)18)7-6-8-11(12)21-22(19,20)5-2/h6-9H,4-5H2,1-3H3,(H,15,16)(H,17,18). The highest BCUT2D eigenvalue weighted by Crippen LogP contribution is 2.24. The molecule has 0 aliphatic carbocycles. The van der Waals surface area contributed by atoms with E-state index in [1.54, 1.807) is 6.92 Å². The number of benzene rings is 1. The summed E-state index contributed by atoms with van der Waals surface area (Å²) in [6, 6.07) is 3.61. The van der Waals surface area contributed by atoms with Crippen molar-refractivity contribution in [1.29, 1.82) is 0 Å². The van der Waals surface area contributed by atoms with Crippen LogP contribution in [0.2, 0.25) is 0 Å². The van der Waals surface area contributed by atoms with E-state index in [9.17, 15) is 23.1 Å². The molecule has 7 nitrogen and oxygen atoms in total. The molecule has 0 heterocycles. The molecule has 1 aromatic carbocycles. The van der Waals surface area contributed by atoms with Crippen LogP contribution >= 0.6 is 0 Å². The number of carbonyl (C=O) groups excluding carboxylic acids is 1. The maximum Gasteiger partial charge on any atom is 0.336 e. The fraction of sp³-hybridized carbons (Fsp3) is 0.429. The number of carboxylic acid groups (broad SMARTS) is 1. The van der Waals surface area contributed by atoms with E-state index in [0.29, 0.717) is 6.42 Å². The van der Waals surface area contributed by atoms with Crippen molar-refractivity contribution in [3.05, 3.63) is 29.3 Å². The molecule has 2 N–H and O–H groups in total. The summed E-state index contributed by atoms with van der Waals surface area (Å²) in [7, 11) is -3.88. The van der Waals surface area contributed by atoms with E-state index < -0.39 is 22.0 Å². The third kappa shape index (κ3) is 4.45. The minimum Gasteiger partial charge on any atom is -0.478 e. The highest BCUT2D eigenvalue weighted by Gasteiger charge is 2.25. The number of amides is 1. The molecule has 0 fully saturated rings. The first kappa shape index (κ1) is 18.0. The molecule has 0 aliphatic rings. The summed E-state index contributed by atoms with van der Waals surface area (Å²) in [6.07, 6.45) is 0.643. The molecule has 0 saturated carbocycles. The molecule has 0 aliphatic heterocycles. The number of hydrogen-bond acceptors (Lipinski definition) is 5. The molecule has 1 rings (SSSR count). The van der Waals surface area contributed by atoms with Crippen LogP contribution in [0.1, 0.15) is 47.9 Å². The Balaban J connectivity index is 3.36. The molecule has 0 spiro atoms. The van der Waals surface area contributed by atoms with Crippen molar-refractivity contribution in [1.82, 2.24) is 5.32 Å². The van der Waals surface area contributed by atoms with Crippen LogP contribution in [-0.2, 0) is 10.1 Å². The molecular weight excluding hydrogens is 310 g/mol. The lowest BCUT2D eigenvalue weighted by Crippen LogP contribution is -2.33. The van der Waals surface area contributed by atoms with Crippen molar-refractivity contribution in [2.75, 3.05) is 5.75 Å². The van der Waals surface area contributed by atoms with Gasteiger partial charge in [0.25, 0.3) is 5.91 Å². The Morgan fingerprint density at radius 2 is 1.95 bits per heavy atom. The van der Waals surface area contributed by atoms with Crippen molar-refractivity contribution >= 4 is 22.0 Å². The first-order chi connectivity index (χ1) is 10.2. The topological polar surface area (TPSA) is 110 Å². The van der Waals surface area contributed by atoms with Crippen molar-refractivity contribution < 1.29 is 27.3 Å². The van der Waals surface area contributed by atoms with E-state index in [1.165, 1.54) is 25.1 Å². The summed E-state index contributed by atoms with van der Waals surface area (Å²) >= 11 is 0. The van der Waals surface area contributed by atoms with Crippen LogP contribution in [0, 0.1) is 0 Å². The first-order valence-electron chi connectivity index (χ1n) is 6.81. The number of carbonyl (C=O) groups is 2. The summed E-state index contributed by atoms with van der Waals surface area (Å²) < 4.78 is 28.1. The van der Waals surface area contributed by atoms with E-state index >= 15 is 0 Å². The highest BCUT2D eigenvalue weighted by molar-refractivity contribution is 7.87. The molecule has 1 aromatic rings. The van der Waals surface area contributed by atoms with Crippen molar-refractivity contribution in [2.24, 2.45) is 0 Å². The number of hydrogen-bond donors (Lipinski definition) is 2. The molecule has 0 bridgehead atoms. The molecular formula is C14H19NO6S. The third-order valence-electron chi connectivity index (χ3n) is 3.04. The molecule has 0 saturated heterocycles. The Kier molecular flexibility index (Phi) is 5.92. The number of aromatic carboxylic acids is 1. The van der Waals surface area contributed by atoms with Gasteiger partial charge in [-0.1, -0.05) is 13.0 Å². The van der Waals surface area contributed by atoms with Crippen molar-refractivity contribution in [3.8, 4) is 5.75 Å². The normalized spacial score (nSPS) is 12.5. The Labute approximate surface area is 129 Å². The quantitative estimate of drug-likeness (QED) is 0.736. The lowest BCUT2D eigenvalue weighted by Gasteiger charge is -2.16. The lowest BCUT2D eigenvalue weighted by atomic mass is 10.1. The van der Waals surface area contributed by atoms with Gasteiger partial charge >= 0.3 is 16.1 Å². The minimum atomic E-state index is -3.88. The zero-order valence-corrected chi connectivity index (χ0v) is 13.4. The smallest absolute Gasteiger partial charge is 0.336 e. The fourth-order valence-electron chi connectivity index (χ4n) is 1.61. The molecule has 1 amide bonds. The van der Waals surface area contributed by atoms with Gasteiger partial charge in [-0.3, -0.25) is 4.79 Å². The van der Waals surface area contributed by atoms with E-state index in [1.807, 2.05) is 6.92 Å². The van der Waals surface area contributed by atoms with Gasteiger partial charge in [-0.25, -0.2) is 4.79 Å². The molecule has 8 heteroatoms. The van der Waals surface area contributed by atoms with Crippen LogP contribution in [-0.4, -0.2) is 37.2 Å². The van der Waals surface area contributed by atoms with Gasteiger partial charge in [-0.05, 0) is 32.4 Å². The van der Waals surface area contributed by atoms with Crippen molar-refractivity contribution in [2.45, 2.75) is 33.2 Å². The number of rotatable bonds is 7. The number of nitrogens with one attached hydrogen (secondary N) is 1. The predicted molar refractivity (Wildman–Crippen MR) is 80.7 cm³/mol. The minimum absolute atomic E-state index is 0.190. The molecule has 0 radical (unpaired) electrons. The van der Waals surface area contributed by atoms with Crippen LogP contribution in [0.25, 0.3) is 0 Å². The number of carboxylic acids is 1. The van der Waals surface area contributed by atoms with E-state index in [-0.39, 0.29) is 28.7 Å². The maximum absolute atomic E-state index is 12.3. The van der Waals surface area contributed by atoms with Gasteiger partial charge in [0.05, 0.1) is 16.9 Å². The summed E-state index contributed by atoms with van der Waals surface area (Å²) in [5, 5.41) is 11.8. The second-order valence-electron chi connectivity index (χ2n) is 4.70. The van der Waals surface area contributed by atoms with Gasteiger partial charge in [0.2, 0.25) is 0 Å². The Hall–Kier alpha value is -2.09. The Morgan fingerprint density at radius 3 is 2.45 bits per heavy atom. The second-order valence-corrected chi connectivity index (χ2v) is 6.56. The van der Waals surface area contributed by atoms with Crippen molar-refractivity contribution in [3.63, 3.8) is 0 Å². The van der Waals surface area contributed by atoms with E-state index in [0.717, 1.165) is 0 Å². The average Bonchev–Trinajstić information content (AvgIpc) is 2.46. The average molecular weight is 329 g/mol. The summed E-state index contributed by atoms with van der Waals surface area (Å²) in [4.78, 5) is 23.6. The van der Waals surface area contributed by atoms with E-state index in [2.05, 4.69) is 5.32 Å².